The van der Waals surface area contributed by atoms with Crippen LogP contribution in [-0.4, -0.2) is 27.6 Å². The van der Waals surface area contributed by atoms with Crippen LogP contribution in [0.25, 0.3) is 6.08 Å². The number of hydrogen-bond donors (Lipinski definition) is 1. The van der Waals surface area contributed by atoms with E-state index in [-0.39, 0.29) is 11.8 Å². The van der Waals surface area contributed by atoms with E-state index in [1.54, 1.807) is 11.0 Å². The lowest BCUT2D eigenvalue weighted by Crippen LogP contribution is -2.29. The lowest BCUT2D eigenvalue weighted by atomic mass is 10.1. The number of nitrogens with zero attached hydrogens (tertiary/aromatic N) is 1. The summed E-state index contributed by atoms with van der Waals surface area (Å²) < 4.78 is 0.536. The molecule has 0 aromatic heterocycles. The molecule has 1 fully saturated rings. The molecule has 0 saturated carbocycles. The van der Waals surface area contributed by atoms with Gasteiger partial charge in [-0.3, -0.25) is 14.5 Å². The topological polar surface area (TPSA) is 49.4 Å². The van der Waals surface area contributed by atoms with Crippen molar-refractivity contribution in [2.45, 2.75) is 26.7 Å². The molecule has 1 saturated heterocycles. The van der Waals surface area contributed by atoms with Crippen molar-refractivity contribution in [3.05, 3.63) is 82.3 Å². The van der Waals surface area contributed by atoms with Crippen molar-refractivity contribution < 1.29 is 9.59 Å². The van der Waals surface area contributed by atoms with Gasteiger partial charge < -0.3 is 5.32 Å². The number of hydrogen-bond acceptors (Lipinski definition) is 4. The maximum atomic E-state index is 12.6. The Kier molecular flexibility index (Phi) is 7.60. The molecule has 154 valence electrons. The molecule has 3 rings (SSSR count). The lowest BCUT2D eigenvalue weighted by Gasteiger charge is -2.14. The summed E-state index contributed by atoms with van der Waals surface area (Å²) in [5, 5.41) is 2.95. The molecular formula is C24H24N2O2S2. The number of aryl methyl sites for hydroxylation is 1. The first kappa shape index (κ1) is 22.0. The highest BCUT2D eigenvalue weighted by atomic mass is 32.2. The minimum absolute atomic E-state index is 0.0597. The minimum atomic E-state index is -0.0994. The average molecular weight is 437 g/mol. The standard InChI is InChI=1S/C24H24N2O2S2/c1-17-9-6-13-20(18(17)2)25-22(27)15-8-16-26-23(28)21(30-24(26)29)14-7-12-19-10-4-3-5-11-19/h3-7,9-14H,8,15-16H2,1-2H3,(H,25,27). The summed E-state index contributed by atoms with van der Waals surface area (Å²) in [7, 11) is 0. The van der Waals surface area contributed by atoms with Gasteiger partial charge in [0.15, 0.2) is 0 Å². The summed E-state index contributed by atoms with van der Waals surface area (Å²) in [6.45, 7) is 4.44. The third-order valence-electron chi connectivity index (χ3n) is 4.87. The zero-order chi connectivity index (χ0) is 21.5. The number of carbonyl (C=O) groups excluding carboxylic acids is 2. The van der Waals surface area contributed by atoms with E-state index in [4.69, 9.17) is 12.2 Å². The van der Waals surface area contributed by atoms with Crippen LogP contribution < -0.4 is 5.32 Å². The van der Waals surface area contributed by atoms with Gasteiger partial charge in [-0.1, -0.05) is 78.6 Å². The minimum Gasteiger partial charge on any atom is -0.326 e. The van der Waals surface area contributed by atoms with Crippen LogP contribution in [0.1, 0.15) is 29.5 Å². The summed E-state index contributed by atoms with van der Waals surface area (Å²) in [6.07, 6.45) is 6.48. The number of carbonyl (C=O) groups is 2. The van der Waals surface area contributed by atoms with Crippen molar-refractivity contribution in [3.63, 3.8) is 0 Å². The zero-order valence-corrected chi connectivity index (χ0v) is 18.7. The van der Waals surface area contributed by atoms with Gasteiger partial charge in [-0.15, -0.1) is 0 Å². The van der Waals surface area contributed by atoms with Crippen molar-refractivity contribution in [2.75, 3.05) is 11.9 Å². The molecule has 0 bridgehead atoms. The second-order valence-corrected chi connectivity index (χ2v) is 8.70. The predicted octanol–water partition coefficient (Wildman–Crippen LogP) is 5.48. The molecule has 0 unspecified atom stereocenters. The zero-order valence-electron chi connectivity index (χ0n) is 17.1. The first-order chi connectivity index (χ1) is 14.5. The number of benzene rings is 2. The highest BCUT2D eigenvalue weighted by Gasteiger charge is 2.31. The van der Waals surface area contributed by atoms with E-state index in [0.29, 0.717) is 28.6 Å². The van der Waals surface area contributed by atoms with Crippen LogP contribution in [0.2, 0.25) is 0 Å². The van der Waals surface area contributed by atoms with Gasteiger partial charge in [0, 0.05) is 18.7 Å². The lowest BCUT2D eigenvalue weighted by molar-refractivity contribution is -0.122. The van der Waals surface area contributed by atoms with E-state index < -0.39 is 0 Å². The molecule has 0 radical (unpaired) electrons. The van der Waals surface area contributed by atoms with E-state index >= 15 is 0 Å². The first-order valence-electron chi connectivity index (χ1n) is 9.79. The third-order valence-corrected chi connectivity index (χ3v) is 6.27. The van der Waals surface area contributed by atoms with Crippen molar-refractivity contribution in [1.29, 1.82) is 0 Å². The molecule has 2 aromatic carbocycles. The number of amides is 2. The first-order valence-corrected chi connectivity index (χ1v) is 11.0. The predicted molar refractivity (Wildman–Crippen MR) is 129 cm³/mol. The molecule has 1 heterocycles. The van der Waals surface area contributed by atoms with Gasteiger partial charge in [0.1, 0.15) is 4.32 Å². The van der Waals surface area contributed by atoms with Crippen LogP contribution in [0.4, 0.5) is 5.69 Å². The van der Waals surface area contributed by atoms with Crippen LogP contribution in [-0.2, 0) is 9.59 Å². The Morgan fingerprint density at radius 1 is 1.13 bits per heavy atom. The van der Waals surface area contributed by atoms with Gasteiger partial charge in [-0.05, 0) is 49.1 Å². The van der Waals surface area contributed by atoms with Crippen molar-refractivity contribution in [1.82, 2.24) is 4.90 Å². The fourth-order valence-electron chi connectivity index (χ4n) is 3.01. The molecular weight excluding hydrogens is 412 g/mol. The third kappa shape index (κ3) is 5.68. The van der Waals surface area contributed by atoms with E-state index in [1.807, 2.05) is 74.5 Å². The fraction of sp³-hybridized carbons (Fsp3) is 0.208. The van der Waals surface area contributed by atoms with E-state index in [1.165, 1.54) is 11.8 Å². The van der Waals surface area contributed by atoms with E-state index in [2.05, 4.69) is 5.32 Å². The van der Waals surface area contributed by atoms with Crippen molar-refractivity contribution in [2.24, 2.45) is 0 Å². The van der Waals surface area contributed by atoms with Gasteiger partial charge >= 0.3 is 0 Å². The highest BCUT2D eigenvalue weighted by molar-refractivity contribution is 8.26. The fourth-order valence-corrected chi connectivity index (χ4v) is 4.27. The smallest absolute Gasteiger partial charge is 0.266 e. The molecule has 6 heteroatoms. The molecule has 2 amide bonds. The second kappa shape index (κ2) is 10.4. The largest absolute Gasteiger partial charge is 0.326 e. The number of allylic oxidation sites excluding steroid dienone is 2. The number of nitrogens with one attached hydrogen (secondary N) is 1. The molecule has 0 atom stereocenters. The SMILES string of the molecule is Cc1cccc(NC(=O)CCCN2C(=O)C(=CC=Cc3ccccc3)SC2=S)c1C. The Balaban J connectivity index is 1.50. The number of anilines is 1. The molecule has 1 aliphatic rings. The maximum absolute atomic E-state index is 12.6. The summed E-state index contributed by atoms with van der Waals surface area (Å²) in [5.74, 6) is -0.159. The molecule has 4 nitrogen and oxygen atoms in total. The van der Waals surface area contributed by atoms with Gasteiger partial charge in [0.2, 0.25) is 5.91 Å². The number of rotatable bonds is 7. The monoisotopic (exact) mass is 436 g/mol. The van der Waals surface area contributed by atoms with Crippen LogP contribution in [0.3, 0.4) is 0 Å². The summed E-state index contributed by atoms with van der Waals surface area (Å²) >= 11 is 6.66. The van der Waals surface area contributed by atoms with E-state index in [0.717, 1.165) is 22.4 Å². The molecule has 1 N–H and O–H groups in total. The Hall–Kier alpha value is -2.70. The highest BCUT2D eigenvalue weighted by Crippen LogP contribution is 2.31. The van der Waals surface area contributed by atoms with Gasteiger partial charge in [0.25, 0.3) is 5.91 Å². The van der Waals surface area contributed by atoms with E-state index in [9.17, 15) is 9.59 Å². The Bertz CT molecular complexity index is 1010. The van der Waals surface area contributed by atoms with Crippen LogP contribution in [0, 0.1) is 13.8 Å². The number of thioether (sulfide) groups is 1. The van der Waals surface area contributed by atoms with Gasteiger partial charge in [-0.2, -0.15) is 0 Å². The van der Waals surface area contributed by atoms with Gasteiger partial charge in [0.05, 0.1) is 4.91 Å². The summed E-state index contributed by atoms with van der Waals surface area (Å²) in [4.78, 5) is 27.1. The van der Waals surface area contributed by atoms with Crippen molar-refractivity contribution >= 4 is 51.9 Å². The van der Waals surface area contributed by atoms with Crippen LogP contribution in [0.5, 0.6) is 0 Å². The second-order valence-electron chi connectivity index (χ2n) is 7.02. The normalized spacial score (nSPS) is 15.4. The average Bonchev–Trinajstić information content (AvgIpc) is 3.00. The molecule has 1 aliphatic heterocycles. The van der Waals surface area contributed by atoms with Gasteiger partial charge in [-0.25, -0.2) is 0 Å². The molecule has 0 aliphatic carbocycles. The van der Waals surface area contributed by atoms with Crippen molar-refractivity contribution in [3.8, 4) is 0 Å². The van der Waals surface area contributed by atoms with Crippen LogP contribution in [0.15, 0.2) is 65.6 Å². The molecule has 30 heavy (non-hydrogen) atoms. The summed E-state index contributed by atoms with van der Waals surface area (Å²) in [6, 6.07) is 15.7. The Morgan fingerprint density at radius 3 is 2.67 bits per heavy atom. The quantitative estimate of drug-likeness (QED) is 0.461. The number of thiocarbonyl (C=S) groups is 1. The summed E-state index contributed by atoms with van der Waals surface area (Å²) in [5.41, 5.74) is 4.10. The Morgan fingerprint density at radius 2 is 1.90 bits per heavy atom. The molecule has 2 aromatic rings. The maximum Gasteiger partial charge on any atom is 0.266 e. The molecule has 0 spiro atoms. The Labute approximate surface area is 187 Å². The van der Waals surface area contributed by atoms with Crippen LogP contribution >= 0.6 is 24.0 Å².